The number of nitrogens with one attached hydrogen (secondary N) is 1. The van der Waals surface area contributed by atoms with Gasteiger partial charge in [0.2, 0.25) is 0 Å². The number of thiocarbonyl (C=S) groups is 1. The molecule has 1 unspecified atom stereocenters. The largest absolute Gasteiger partial charge is 0.392 e. The van der Waals surface area contributed by atoms with Crippen LogP contribution >= 0.6 is 12.2 Å². The smallest absolute Gasteiger partial charge is 0.254 e. The third-order valence-corrected chi connectivity index (χ3v) is 2.62. The van der Waals surface area contributed by atoms with E-state index >= 15 is 0 Å². The summed E-state index contributed by atoms with van der Waals surface area (Å²) in [7, 11) is 0. The number of hydrogen-bond acceptors (Lipinski definition) is 2. The molecule has 17 heavy (non-hydrogen) atoms. The van der Waals surface area contributed by atoms with Gasteiger partial charge in [-0.2, -0.15) is 0 Å². The zero-order valence-electron chi connectivity index (χ0n) is 9.38. The Morgan fingerprint density at radius 2 is 2.00 bits per heavy atom. The molecule has 3 nitrogen and oxygen atoms in total. The summed E-state index contributed by atoms with van der Waals surface area (Å²) in [6, 6.07) is 1.27. The summed E-state index contributed by atoms with van der Waals surface area (Å²) < 4.78 is 26.4. The molecule has 1 atom stereocenters. The molecule has 92 valence electrons. The molecule has 6 heteroatoms. The summed E-state index contributed by atoms with van der Waals surface area (Å²) in [6.07, 6.45) is 0. The highest BCUT2D eigenvalue weighted by Crippen LogP contribution is 2.14. The molecular formula is C11H12F2N2OS. The average Bonchev–Trinajstić information content (AvgIpc) is 2.22. The van der Waals surface area contributed by atoms with E-state index in [1.54, 1.807) is 6.92 Å². The van der Waals surface area contributed by atoms with Crippen LogP contribution in [0.1, 0.15) is 22.8 Å². The van der Waals surface area contributed by atoms with E-state index in [4.69, 9.17) is 5.73 Å². The summed E-state index contributed by atoms with van der Waals surface area (Å²) in [5, 5.41) is 2.42. The predicted molar refractivity (Wildman–Crippen MR) is 64.8 cm³/mol. The molecule has 0 aliphatic carbocycles. The van der Waals surface area contributed by atoms with Crippen LogP contribution in [0.25, 0.3) is 0 Å². The Labute approximate surface area is 103 Å². The number of hydrogen-bond donors (Lipinski definition) is 2. The Morgan fingerprint density at radius 1 is 1.41 bits per heavy atom. The molecule has 0 radical (unpaired) electrons. The molecule has 0 spiro atoms. The van der Waals surface area contributed by atoms with Gasteiger partial charge in [-0.25, -0.2) is 8.78 Å². The zero-order chi connectivity index (χ0) is 13.2. The van der Waals surface area contributed by atoms with E-state index in [2.05, 4.69) is 17.5 Å². The fraction of sp³-hybridized carbons (Fsp3) is 0.273. The lowest BCUT2D eigenvalue weighted by molar-refractivity contribution is 0.0945. The van der Waals surface area contributed by atoms with Crippen molar-refractivity contribution in [2.75, 3.05) is 0 Å². The number of carbonyl (C=O) groups excluding carboxylic acids is 1. The van der Waals surface area contributed by atoms with Gasteiger partial charge in [0.1, 0.15) is 11.6 Å². The molecule has 1 aromatic rings. The van der Waals surface area contributed by atoms with Crippen molar-refractivity contribution in [1.29, 1.82) is 0 Å². The first-order valence-corrected chi connectivity index (χ1v) is 5.29. The minimum absolute atomic E-state index is 0.0950. The highest BCUT2D eigenvalue weighted by molar-refractivity contribution is 7.80. The van der Waals surface area contributed by atoms with Crippen LogP contribution in [0.3, 0.4) is 0 Å². The fourth-order valence-corrected chi connectivity index (χ4v) is 1.24. The first-order valence-electron chi connectivity index (χ1n) is 4.88. The molecule has 0 heterocycles. The van der Waals surface area contributed by atoms with Crippen molar-refractivity contribution >= 4 is 23.1 Å². The molecular weight excluding hydrogens is 246 g/mol. The summed E-state index contributed by atoms with van der Waals surface area (Å²) in [5.41, 5.74) is 5.28. The quantitative estimate of drug-likeness (QED) is 0.811. The molecule has 0 aromatic heterocycles. The first kappa shape index (κ1) is 13.5. The van der Waals surface area contributed by atoms with Gasteiger partial charge in [-0.05, 0) is 25.5 Å². The predicted octanol–water partition coefficient (Wildman–Crippen LogP) is 1.68. The second-order valence-electron chi connectivity index (χ2n) is 3.68. The molecule has 3 N–H and O–H groups in total. The lowest BCUT2D eigenvalue weighted by atomic mass is 10.1. The molecule has 0 bridgehead atoms. The zero-order valence-corrected chi connectivity index (χ0v) is 10.2. The van der Waals surface area contributed by atoms with Crippen LogP contribution in [-0.4, -0.2) is 16.9 Å². The van der Waals surface area contributed by atoms with Gasteiger partial charge in [-0.1, -0.05) is 12.2 Å². The maximum atomic E-state index is 13.4. The van der Waals surface area contributed by atoms with Crippen molar-refractivity contribution in [2.24, 2.45) is 5.73 Å². The van der Waals surface area contributed by atoms with Gasteiger partial charge in [0.05, 0.1) is 16.6 Å². The molecule has 0 saturated heterocycles. The third-order valence-electron chi connectivity index (χ3n) is 2.27. The second kappa shape index (κ2) is 5.18. The number of halogens is 2. The summed E-state index contributed by atoms with van der Waals surface area (Å²) >= 11 is 4.68. The number of carbonyl (C=O) groups is 1. The highest BCUT2D eigenvalue weighted by atomic mass is 32.1. The van der Waals surface area contributed by atoms with Crippen LogP contribution in [0.5, 0.6) is 0 Å². The van der Waals surface area contributed by atoms with E-state index in [0.717, 1.165) is 6.07 Å². The van der Waals surface area contributed by atoms with Crippen molar-refractivity contribution in [1.82, 2.24) is 5.32 Å². The van der Waals surface area contributed by atoms with E-state index in [1.807, 2.05) is 0 Å². The standard InChI is InChI=1S/C11H12F2N2OS/c1-5-3-7(9(13)4-8(5)12)11(16)15-6(2)10(14)17/h3-4,6H,1-2H3,(H2,14,17)(H,15,16). The fourth-order valence-electron chi connectivity index (χ4n) is 1.18. The van der Waals surface area contributed by atoms with E-state index < -0.39 is 23.6 Å². The maximum Gasteiger partial charge on any atom is 0.254 e. The minimum Gasteiger partial charge on any atom is -0.392 e. The molecule has 0 aliphatic rings. The number of benzene rings is 1. The van der Waals surface area contributed by atoms with Gasteiger partial charge >= 0.3 is 0 Å². The Bertz CT molecular complexity index is 477. The SMILES string of the molecule is Cc1cc(C(=O)NC(C)C(N)=S)c(F)cc1F. The van der Waals surface area contributed by atoms with E-state index in [-0.39, 0.29) is 16.1 Å². The Kier molecular flexibility index (Phi) is 4.11. The lowest BCUT2D eigenvalue weighted by Crippen LogP contribution is -2.41. The van der Waals surface area contributed by atoms with Crippen LogP contribution in [0.4, 0.5) is 8.78 Å². The number of aryl methyl sites for hydroxylation is 1. The van der Waals surface area contributed by atoms with Crippen LogP contribution < -0.4 is 11.1 Å². The monoisotopic (exact) mass is 258 g/mol. The summed E-state index contributed by atoms with van der Waals surface area (Å²) in [4.78, 5) is 11.8. The normalized spacial score (nSPS) is 12.0. The van der Waals surface area contributed by atoms with Gasteiger partial charge in [0.25, 0.3) is 5.91 Å². The first-order chi connectivity index (χ1) is 7.82. The molecule has 0 aliphatic heterocycles. The summed E-state index contributed by atoms with van der Waals surface area (Å²) in [5.74, 6) is -2.28. The topological polar surface area (TPSA) is 55.1 Å². The van der Waals surface area contributed by atoms with Crippen LogP contribution in [0.2, 0.25) is 0 Å². The van der Waals surface area contributed by atoms with E-state index in [1.165, 1.54) is 6.92 Å². The van der Waals surface area contributed by atoms with Crippen molar-refractivity contribution in [3.05, 3.63) is 34.9 Å². The van der Waals surface area contributed by atoms with E-state index in [0.29, 0.717) is 6.07 Å². The van der Waals surface area contributed by atoms with Crippen LogP contribution in [0, 0.1) is 18.6 Å². The maximum absolute atomic E-state index is 13.4. The van der Waals surface area contributed by atoms with Gasteiger partial charge in [-0.15, -0.1) is 0 Å². The minimum atomic E-state index is -0.916. The number of nitrogens with two attached hydrogens (primary N) is 1. The van der Waals surface area contributed by atoms with Gasteiger partial charge in [0, 0.05) is 6.07 Å². The number of rotatable bonds is 3. The molecule has 0 saturated carbocycles. The molecule has 1 amide bonds. The second-order valence-corrected chi connectivity index (χ2v) is 4.15. The Morgan fingerprint density at radius 3 is 2.53 bits per heavy atom. The molecule has 0 fully saturated rings. The van der Waals surface area contributed by atoms with Crippen LogP contribution in [0.15, 0.2) is 12.1 Å². The van der Waals surface area contributed by atoms with Gasteiger partial charge in [-0.3, -0.25) is 4.79 Å². The highest BCUT2D eigenvalue weighted by Gasteiger charge is 2.17. The molecule has 1 rings (SSSR count). The lowest BCUT2D eigenvalue weighted by Gasteiger charge is -2.13. The molecule has 1 aromatic carbocycles. The Hall–Kier alpha value is -1.56. The third kappa shape index (κ3) is 3.20. The number of amides is 1. The Balaban J connectivity index is 2.97. The van der Waals surface area contributed by atoms with E-state index in [9.17, 15) is 13.6 Å². The van der Waals surface area contributed by atoms with Crippen molar-refractivity contribution in [2.45, 2.75) is 19.9 Å². The van der Waals surface area contributed by atoms with Crippen molar-refractivity contribution in [3.8, 4) is 0 Å². The van der Waals surface area contributed by atoms with Gasteiger partial charge in [0.15, 0.2) is 0 Å². The van der Waals surface area contributed by atoms with Crippen molar-refractivity contribution < 1.29 is 13.6 Å². The van der Waals surface area contributed by atoms with Gasteiger partial charge < -0.3 is 11.1 Å². The average molecular weight is 258 g/mol. The van der Waals surface area contributed by atoms with Crippen LogP contribution in [-0.2, 0) is 0 Å². The summed E-state index contributed by atoms with van der Waals surface area (Å²) in [6.45, 7) is 3.02. The van der Waals surface area contributed by atoms with Crippen molar-refractivity contribution in [3.63, 3.8) is 0 Å².